The Labute approximate surface area is 144 Å². The van der Waals surface area contributed by atoms with Crippen molar-refractivity contribution in [1.82, 2.24) is 14.9 Å². The summed E-state index contributed by atoms with van der Waals surface area (Å²) in [6.45, 7) is 1.16. The number of amides is 2. The number of carbonyl (C=O) groups is 2. The van der Waals surface area contributed by atoms with Gasteiger partial charge in [-0.2, -0.15) is 0 Å². The van der Waals surface area contributed by atoms with Gasteiger partial charge >= 0.3 is 0 Å². The number of fused-ring (bicyclic) bond motifs is 2. The number of aromatic nitrogens is 2. The molecule has 4 rings (SSSR count). The highest BCUT2D eigenvalue weighted by Crippen LogP contribution is 2.22. The SMILES string of the molecule is O=C1c2ccccc2C(=O)N1CCCCNc1nc2ccccc2[nH]1. The zero-order valence-electron chi connectivity index (χ0n) is 13.7. The molecule has 0 saturated carbocycles. The smallest absolute Gasteiger partial charge is 0.261 e. The van der Waals surface area contributed by atoms with E-state index in [0.29, 0.717) is 17.7 Å². The third-order valence-corrected chi connectivity index (χ3v) is 4.37. The Balaban J connectivity index is 1.27. The van der Waals surface area contributed by atoms with Crippen molar-refractivity contribution in [2.24, 2.45) is 0 Å². The molecule has 6 nitrogen and oxygen atoms in total. The first-order valence-corrected chi connectivity index (χ1v) is 8.38. The number of rotatable bonds is 6. The second-order valence-corrected chi connectivity index (χ2v) is 6.04. The average Bonchev–Trinajstić information content (AvgIpc) is 3.15. The molecule has 1 aromatic heterocycles. The molecule has 25 heavy (non-hydrogen) atoms. The van der Waals surface area contributed by atoms with Gasteiger partial charge in [-0.05, 0) is 37.1 Å². The Morgan fingerprint density at radius 1 is 0.920 bits per heavy atom. The summed E-state index contributed by atoms with van der Waals surface area (Å²) in [6, 6.07) is 14.8. The van der Waals surface area contributed by atoms with E-state index in [4.69, 9.17) is 0 Å². The van der Waals surface area contributed by atoms with E-state index in [1.165, 1.54) is 4.90 Å². The molecule has 0 spiro atoms. The van der Waals surface area contributed by atoms with Crippen LogP contribution < -0.4 is 5.32 Å². The van der Waals surface area contributed by atoms with Crippen LogP contribution >= 0.6 is 0 Å². The summed E-state index contributed by atoms with van der Waals surface area (Å²) in [4.78, 5) is 33.5. The minimum absolute atomic E-state index is 0.189. The summed E-state index contributed by atoms with van der Waals surface area (Å²) >= 11 is 0. The van der Waals surface area contributed by atoms with Gasteiger partial charge in [0.1, 0.15) is 0 Å². The number of carbonyl (C=O) groups excluding carboxylic acids is 2. The first-order valence-electron chi connectivity index (χ1n) is 8.38. The topological polar surface area (TPSA) is 78.1 Å². The van der Waals surface area contributed by atoms with Crippen molar-refractivity contribution in [1.29, 1.82) is 0 Å². The zero-order chi connectivity index (χ0) is 17.2. The maximum Gasteiger partial charge on any atom is 0.261 e. The van der Waals surface area contributed by atoms with Crippen LogP contribution in [0.5, 0.6) is 0 Å². The number of imide groups is 1. The van der Waals surface area contributed by atoms with E-state index in [-0.39, 0.29) is 11.8 Å². The standard InChI is InChI=1S/C19H18N4O2/c24-17-13-7-1-2-8-14(13)18(25)23(17)12-6-5-11-20-19-21-15-9-3-4-10-16(15)22-19/h1-4,7-10H,5-6,11-12H2,(H2,20,21,22). The molecule has 0 radical (unpaired) electrons. The number of unbranched alkanes of at least 4 members (excludes halogenated alkanes) is 1. The molecule has 0 saturated heterocycles. The Bertz CT molecular complexity index is 879. The Morgan fingerprint density at radius 2 is 1.60 bits per heavy atom. The molecule has 0 unspecified atom stereocenters. The molecule has 0 aliphatic carbocycles. The van der Waals surface area contributed by atoms with Crippen molar-refractivity contribution >= 4 is 28.8 Å². The highest BCUT2D eigenvalue weighted by atomic mass is 16.2. The monoisotopic (exact) mass is 334 g/mol. The number of nitrogens with one attached hydrogen (secondary N) is 2. The zero-order valence-corrected chi connectivity index (χ0v) is 13.7. The van der Waals surface area contributed by atoms with Crippen LogP contribution in [0.4, 0.5) is 5.95 Å². The largest absolute Gasteiger partial charge is 0.356 e. The van der Waals surface area contributed by atoms with Crippen molar-refractivity contribution in [2.45, 2.75) is 12.8 Å². The lowest BCUT2D eigenvalue weighted by Gasteiger charge is -2.13. The van der Waals surface area contributed by atoms with E-state index >= 15 is 0 Å². The Kier molecular flexibility index (Phi) is 3.93. The predicted molar refractivity (Wildman–Crippen MR) is 95.6 cm³/mol. The normalized spacial score (nSPS) is 13.5. The third kappa shape index (κ3) is 2.87. The molecule has 2 amide bonds. The quantitative estimate of drug-likeness (QED) is 0.536. The van der Waals surface area contributed by atoms with Crippen LogP contribution in [-0.4, -0.2) is 39.8 Å². The molecule has 2 heterocycles. The third-order valence-electron chi connectivity index (χ3n) is 4.37. The van der Waals surface area contributed by atoms with Gasteiger partial charge in [0.25, 0.3) is 11.8 Å². The second kappa shape index (κ2) is 6.39. The van der Waals surface area contributed by atoms with Gasteiger partial charge in [-0.15, -0.1) is 0 Å². The van der Waals surface area contributed by atoms with Gasteiger partial charge in [0.05, 0.1) is 22.2 Å². The lowest BCUT2D eigenvalue weighted by molar-refractivity contribution is 0.0652. The van der Waals surface area contributed by atoms with E-state index < -0.39 is 0 Å². The summed E-state index contributed by atoms with van der Waals surface area (Å²) in [7, 11) is 0. The summed E-state index contributed by atoms with van der Waals surface area (Å²) in [5.74, 6) is 0.360. The predicted octanol–water partition coefficient (Wildman–Crippen LogP) is 3.05. The Hall–Kier alpha value is -3.15. The van der Waals surface area contributed by atoms with Gasteiger partial charge < -0.3 is 10.3 Å². The number of aromatic amines is 1. The van der Waals surface area contributed by atoms with Crippen LogP contribution in [0.2, 0.25) is 0 Å². The van der Waals surface area contributed by atoms with Gasteiger partial charge in [-0.3, -0.25) is 14.5 Å². The van der Waals surface area contributed by atoms with E-state index in [9.17, 15) is 9.59 Å². The minimum Gasteiger partial charge on any atom is -0.356 e. The lowest BCUT2D eigenvalue weighted by Crippen LogP contribution is -2.30. The maximum absolute atomic E-state index is 12.3. The van der Waals surface area contributed by atoms with Crippen LogP contribution in [-0.2, 0) is 0 Å². The van der Waals surface area contributed by atoms with Gasteiger partial charge in [0.2, 0.25) is 5.95 Å². The van der Waals surface area contributed by atoms with Crippen molar-refractivity contribution in [2.75, 3.05) is 18.4 Å². The highest BCUT2D eigenvalue weighted by molar-refractivity contribution is 6.21. The van der Waals surface area contributed by atoms with Crippen molar-refractivity contribution in [3.8, 4) is 0 Å². The highest BCUT2D eigenvalue weighted by Gasteiger charge is 2.34. The van der Waals surface area contributed by atoms with Crippen LogP contribution in [0.3, 0.4) is 0 Å². The molecule has 2 N–H and O–H groups in total. The van der Waals surface area contributed by atoms with Crippen LogP contribution in [0.1, 0.15) is 33.6 Å². The molecule has 6 heteroatoms. The van der Waals surface area contributed by atoms with E-state index in [2.05, 4.69) is 15.3 Å². The number of hydrogen-bond donors (Lipinski definition) is 2. The fraction of sp³-hybridized carbons (Fsp3) is 0.211. The number of imidazole rings is 1. The first kappa shape index (κ1) is 15.4. The number of nitrogens with zero attached hydrogens (tertiary/aromatic N) is 2. The van der Waals surface area contributed by atoms with Crippen molar-refractivity contribution < 1.29 is 9.59 Å². The number of anilines is 1. The molecule has 1 aliphatic rings. The summed E-state index contributed by atoms with van der Waals surface area (Å²) in [6.07, 6.45) is 1.59. The fourth-order valence-electron chi connectivity index (χ4n) is 3.08. The number of H-pyrrole nitrogens is 1. The molecule has 0 bridgehead atoms. The number of benzene rings is 2. The van der Waals surface area contributed by atoms with Crippen LogP contribution in [0.15, 0.2) is 48.5 Å². The molecular weight excluding hydrogens is 316 g/mol. The molecular formula is C19H18N4O2. The fourth-order valence-corrected chi connectivity index (χ4v) is 3.08. The summed E-state index contributed by atoms with van der Waals surface area (Å²) in [5.41, 5.74) is 2.94. The molecule has 0 fully saturated rings. The van der Waals surface area contributed by atoms with Gasteiger partial charge in [-0.1, -0.05) is 24.3 Å². The van der Waals surface area contributed by atoms with E-state index in [1.54, 1.807) is 24.3 Å². The summed E-state index contributed by atoms with van der Waals surface area (Å²) in [5, 5.41) is 3.24. The molecule has 3 aromatic rings. The lowest BCUT2D eigenvalue weighted by atomic mass is 10.1. The molecule has 126 valence electrons. The minimum atomic E-state index is -0.189. The van der Waals surface area contributed by atoms with Crippen LogP contribution in [0, 0.1) is 0 Å². The number of para-hydroxylation sites is 2. The summed E-state index contributed by atoms with van der Waals surface area (Å²) < 4.78 is 0. The first-order chi connectivity index (χ1) is 12.2. The van der Waals surface area contributed by atoms with Crippen molar-refractivity contribution in [3.05, 3.63) is 59.7 Å². The van der Waals surface area contributed by atoms with Gasteiger partial charge in [0.15, 0.2) is 0 Å². The van der Waals surface area contributed by atoms with Gasteiger partial charge in [0, 0.05) is 13.1 Å². The average molecular weight is 334 g/mol. The Morgan fingerprint density at radius 3 is 2.32 bits per heavy atom. The van der Waals surface area contributed by atoms with E-state index in [0.717, 1.165) is 36.4 Å². The van der Waals surface area contributed by atoms with Crippen molar-refractivity contribution in [3.63, 3.8) is 0 Å². The molecule has 1 aliphatic heterocycles. The molecule has 2 aromatic carbocycles. The van der Waals surface area contributed by atoms with Crippen LogP contribution in [0.25, 0.3) is 11.0 Å². The van der Waals surface area contributed by atoms with E-state index in [1.807, 2.05) is 24.3 Å². The van der Waals surface area contributed by atoms with Gasteiger partial charge in [-0.25, -0.2) is 4.98 Å². The second-order valence-electron chi connectivity index (χ2n) is 6.04. The number of hydrogen-bond acceptors (Lipinski definition) is 4. The maximum atomic E-state index is 12.3. The molecule has 0 atom stereocenters.